The normalized spacial score (nSPS) is 13.2. The fourth-order valence-corrected chi connectivity index (χ4v) is 3.45. The van der Waals surface area contributed by atoms with Gasteiger partial charge in [0.2, 0.25) is 5.91 Å². The van der Waals surface area contributed by atoms with Crippen molar-refractivity contribution < 1.29 is 27.2 Å². The molecule has 31 heavy (non-hydrogen) atoms. The van der Waals surface area contributed by atoms with Gasteiger partial charge in [-0.15, -0.1) is 0 Å². The summed E-state index contributed by atoms with van der Waals surface area (Å²) in [5.74, 6) is -2.53. The highest BCUT2D eigenvalue weighted by atomic mass is 19.1. The van der Waals surface area contributed by atoms with E-state index >= 15 is 0 Å². The molecule has 1 aromatic heterocycles. The minimum atomic E-state index is -0.937. The lowest BCUT2D eigenvalue weighted by molar-refractivity contribution is -0.124. The number of carbonyl (C=O) groups excluding carboxylic acids is 2. The van der Waals surface area contributed by atoms with Gasteiger partial charge in [0.05, 0.1) is 11.6 Å². The summed E-state index contributed by atoms with van der Waals surface area (Å²) in [7, 11) is 0. The van der Waals surface area contributed by atoms with Crippen molar-refractivity contribution in [3.05, 3.63) is 59.4 Å². The second-order valence-corrected chi connectivity index (χ2v) is 7.26. The molecular weight excluding hydrogens is 414 g/mol. The van der Waals surface area contributed by atoms with Gasteiger partial charge in [-0.2, -0.15) is 0 Å². The Morgan fingerprint density at radius 3 is 2.48 bits per heavy atom. The molecule has 3 rings (SSSR count). The quantitative estimate of drug-likeness (QED) is 0.355. The maximum Gasteiger partial charge on any atom is 0.220 e. The van der Waals surface area contributed by atoms with Crippen LogP contribution in [0.4, 0.5) is 17.6 Å². The average Bonchev–Trinajstić information content (AvgIpc) is 3.10. The third-order valence-electron chi connectivity index (χ3n) is 4.93. The first kappa shape index (κ1) is 22.5. The summed E-state index contributed by atoms with van der Waals surface area (Å²) in [6.07, 6.45) is 0.417. The van der Waals surface area contributed by atoms with E-state index in [-0.39, 0.29) is 30.2 Å². The Bertz CT molecular complexity index is 1080. The predicted molar refractivity (Wildman–Crippen MR) is 108 cm³/mol. The highest BCUT2D eigenvalue weighted by Crippen LogP contribution is 2.33. The number of nitrogens with one attached hydrogen (secondary N) is 2. The average molecular weight is 435 g/mol. The van der Waals surface area contributed by atoms with Crippen LogP contribution in [-0.4, -0.2) is 35.9 Å². The van der Waals surface area contributed by atoms with Crippen LogP contribution < -0.4 is 11.1 Å². The lowest BCUT2D eigenvalue weighted by Gasteiger charge is -2.15. The zero-order chi connectivity index (χ0) is 22.5. The summed E-state index contributed by atoms with van der Waals surface area (Å²) in [6, 6.07) is 5.52. The SMILES string of the molecule is NC(CF)CC(C=O)NC(=O)CCc1c(-c2ccc(F)cc2)[nH]c2c(F)cc(F)cc12. The van der Waals surface area contributed by atoms with Crippen molar-refractivity contribution in [1.29, 1.82) is 0 Å². The number of H-pyrrole nitrogens is 1. The topological polar surface area (TPSA) is 88.0 Å². The van der Waals surface area contributed by atoms with Crippen molar-refractivity contribution in [2.45, 2.75) is 31.3 Å². The molecule has 3 aromatic rings. The van der Waals surface area contributed by atoms with Crippen molar-refractivity contribution in [3.8, 4) is 11.3 Å². The zero-order valence-corrected chi connectivity index (χ0v) is 16.4. The van der Waals surface area contributed by atoms with Gasteiger partial charge in [0, 0.05) is 29.6 Å². The minimum Gasteiger partial charge on any atom is -0.352 e. The first-order chi connectivity index (χ1) is 14.8. The summed E-state index contributed by atoms with van der Waals surface area (Å²) in [6.45, 7) is -0.826. The fraction of sp³-hybridized carbons (Fsp3) is 0.273. The number of fused-ring (bicyclic) bond motifs is 1. The molecule has 0 bridgehead atoms. The molecule has 2 unspecified atom stereocenters. The first-order valence-electron chi connectivity index (χ1n) is 9.64. The molecule has 4 N–H and O–H groups in total. The number of aryl methyl sites for hydroxylation is 1. The molecule has 0 aliphatic heterocycles. The van der Waals surface area contributed by atoms with Gasteiger partial charge >= 0.3 is 0 Å². The lowest BCUT2D eigenvalue weighted by atomic mass is 10.0. The highest BCUT2D eigenvalue weighted by Gasteiger charge is 2.20. The number of hydrogen-bond donors (Lipinski definition) is 3. The van der Waals surface area contributed by atoms with Gasteiger partial charge in [-0.1, -0.05) is 0 Å². The minimum absolute atomic E-state index is 0.0456. The predicted octanol–water partition coefficient (Wildman–Crippen LogP) is 3.56. The molecule has 0 radical (unpaired) electrons. The van der Waals surface area contributed by atoms with Crippen LogP contribution in [0.5, 0.6) is 0 Å². The van der Waals surface area contributed by atoms with Crippen molar-refractivity contribution in [2.24, 2.45) is 5.73 Å². The van der Waals surface area contributed by atoms with Gasteiger partial charge in [-0.3, -0.25) is 4.79 Å². The molecule has 0 aliphatic rings. The lowest BCUT2D eigenvalue weighted by Crippen LogP contribution is -2.41. The highest BCUT2D eigenvalue weighted by molar-refractivity contribution is 5.92. The number of amides is 1. The van der Waals surface area contributed by atoms with E-state index in [0.29, 0.717) is 23.1 Å². The van der Waals surface area contributed by atoms with Crippen LogP contribution in [0.15, 0.2) is 36.4 Å². The van der Waals surface area contributed by atoms with Gasteiger partial charge in [-0.25, -0.2) is 17.6 Å². The maximum absolute atomic E-state index is 14.3. The van der Waals surface area contributed by atoms with E-state index in [0.717, 1.165) is 12.1 Å². The molecule has 9 heteroatoms. The van der Waals surface area contributed by atoms with Crippen LogP contribution in [0.1, 0.15) is 18.4 Å². The van der Waals surface area contributed by atoms with Gasteiger partial charge in [0.1, 0.15) is 30.4 Å². The van der Waals surface area contributed by atoms with E-state index in [9.17, 15) is 27.2 Å². The van der Waals surface area contributed by atoms with E-state index in [2.05, 4.69) is 10.3 Å². The second-order valence-electron chi connectivity index (χ2n) is 7.26. The first-order valence-corrected chi connectivity index (χ1v) is 9.64. The van der Waals surface area contributed by atoms with Gasteiger partial charge in [0.25, 0.3) is 0 Å². The van der Waals surface area contributed by atoms with Crippen molar-refractivity contribution in [3.63, 3.8) is 0 Å². The largest absolute Gasteiger partial charge is 0.352 e. The molecule has 0 saturated heterocycles. The van der Waals surface area contributed by atoms with Gasteiger partial charge in [0.15, 0.2) is 0 Å². The smallest absolute Gasteiger partial charge is 0.220 e. The Kier molecular flexibility index (Phi) is 7.06. The number of aldehydes is 1. The number of aromatic amines is 1. The molecule has 2 atom stereocenters. The maximum atomic E-state index is 14.3. The standard InChI is InChI=1S/C22H21F4N3O2/c23-10-15(27)9-16(11-30)28-20(31)6-5-17-18-7-14(25)8-19(26)22(18)29-21(17)12-1-3-13(24)4-2-12/h1-4,7-8,11,15-16,29H,5-6,9-10,27H2,(H,28,31). The molecule has 5 nitrogen and oxygen atoms in total. The molecule has 0 aliphatic carbocycles. The summed E-state index contributed by atoms with van der Waals surface area (Å²) in [5, 5.41) is 2.73. The number of nitrogens with two attached hydrogens (primary N) is 1. The van der Waals surface area contributed by atoms with Crippen molar-refractivity contribution in [1.82, 2.24) is 10.3 Å². The molecule has 0 fully saturated rings. The van der Waals surface area contributed by atoms with Crippen molar-refractivity contribution >= 4 is 23.1 Å². The Balaban J connectivity index is 1.88. The summed E-state index contributed by atoms with van der Waals surface area (Å²) >= 11 is 0. The van der Waals surface area contributed by atoms with Gasteiger partial charge in [-0.05, 0) is 54.3 Å². The Hall–Kier alpha value is -3.20. The number of rotatable bonds is 9. The molecule has 2 aromatic carbocycles. The number of hydrogen-bond acceptors (Lipinski definition) is 3. The molecule has 164 valence electrons. The van der Waals surface area contributed by atoms with E-state index < -0.39 is 42.1 Å². The fourth-order valence-electron chi connectivity index (χ4n) is 3.45. The van der Waals surface area contributed by atoms with E-state index in [1.807, 2.05) is 0 Å². The van der Waals surface area contributed by atoms with E-state index in [4.69, 9.17) is 5.73 Å². The van der Waals surface area contributed by atoms with E-state index in [1.165, 1.54) is 24.3 Å². The Morgan fingerprint density at radius 2 is 1.84 bits per heavy atom. The molecule has 0 spiro atoms. The zero-order valence-electron chi connectivity index (χ0n) is 16.4. The third kappa shape index (κ3) is 5.29. The van der Waals surface area contributed by atoms with E-state index in [1.54, 1.807) is 0 Å². The van der Waals surface area contributed by atoms with Gasteiger partial charge < -0.3 is 20.8 Å². The molecular formula is C22H21F4N3O2. The Morgan fingerprint density at radius 1 is 1.13 bits per heavy atom. The molecule has 1 amide bonds. The number of benzene rings is 2. The van der Waals surface area contributed by atoms with Crippen LogP contribution in [0.3, 0.4) is 0 Å². The number of halogens is 4. The number of alkyl halides is 1. The van der Waals surface area contributed by atoms with Crippen LogP contribution in [0.25, 0.3) is 22.2 Å². The van der Waals surface area contributed by atoms with Crippen molar-refractivity contribution in [2.75, 3.05) is 6.67 Å². The van der Waals surface area contributed by atoms with Crippen LogP contribution in [-0.2, 0) is 16.0 Å². The van der Waals surface area contributed by atoms with Crippen LogP contribution in [0, 0.1) is 17.5 Å². The Labute approximate surface area is 175 Å². The second kappa shape index (κ2) is 9.74. The summed E-state index contributed by atoms with van der Waals surface area (Å²) in [5.41, 5.74) is 6.97. The van der Waals surface area contributed by atoms with Crippen LogP contribution in [0.2, 0.25) is 0 Å². The number of aromatic nitrogens is 1. The monoisotopic (exact) mass is 435 g/mol. The molecule has 0 saturated carbocycles. The summed E-state index contributed by atoms with van der Waals surface area (Å²) < 4.78 is 54.0. The van der Waals surface area contributed by atoms with Crippen LogP contribution >= 0.6 is 0 Å². The summed E-state index contributed by atoms with van der Waals surface area (Å²) in [4.78, 5) is 26.4. The number of carbonyl (C=O) groups is 2. The molecule has 1 heterocycles. The third-order valence-corrected chi connectivity index (χ3v) is 4.93.